The fourth-order valence-electron chi connectivity index (χ4n) is 3.60. The molecule has 0 radical (unpaired) electrons. The van der Waals surface area contributed by atoms with Crippen LogP contribution in [0.1, 0.15) is 38.5 Å². The predicted molar refractivity (Wildman–Crippen MR) is 86.6 cm³/mol. The third-order valence-electron chi connectivity index (χ3n) is 4.86. The number of rotatable bonds is 3. The van der Waals surface area contributed by atoms with E-state index in [9.17, 15) is 4.79 Å². The summed E-state index contributed by atoms with van der Waals surface area (Å²) in [4.78, 5) is 14.6. The molecule has 0 bridgehead atoms. The highest BCUT2D eigenvalue weighted by molar-refractivity contribution is 5.79. The Hall–Kier alpha value is -1.55. The summed E-state index contributed by atoms with van der Waals surface area (Å²) >= 11 is 0. The number of nitrogens with two attached hydrogens (primary N) is 1. The first kappa shape index (κ1) is 15.3. The van der Waals surface area contributed by atoms with E-state index in [4.69, 9.17) is 10.5 Å². The van der Waals surface area contributed by atoms with E-state index in [2.05, 4.69) is 0 Å². The minimum Gasteiger partial charge on any atom is -0.490 e. The number of para-hydroxylation sites is 1. The lowest BCUT2D eigenvalue weighted by Crippen LogP contribution is -2.46. The second kappa shape index (κ2) is 7.14. The van der Waals surface area contributed by atoms with Gasteiger partial charge < -0.3 is 15.4 Å². The lowest BCUT2D eigenvalue weighted by atomic mass is 9.85. The summed E-state index contributed by atoms with van der Waals surface area (Å²) in [6, 6.07) is 10.1. The maximum absolute atomic E-state index is 12.6. The molecule has 3 rings (SSSR count). The van der Waals surface area contributed by atoms with Gasteiger partial charge in [0, 0.05) is 37.9 Å². The van der Waals surface area contributed by atoms with Crippen LogP contribution in [0.2, 0.25) is 0 Å². The normalized spacial score (nSPS) is 26.7. The van der Waals surface area contributed by atoms with Crippen molar-refractivity contribution in [3.63, 3.8) is 0 Å². The Morgan fingerprint density at radius 1 is 1.09 bits per heavy atom. The first-order valence-electron chi connectivity index (χ1n) is 8.48. The van der Waals surface area contributed by atoms with Crippen LogP contribution in [0, 0.1) is 5.92 Å². The molecule has 2 unspecified atom stereocenters. The van der Waals surface area contributed by atoms with E-state index in [0.717, 1.165) is 57.4 Å². The summed E-state index contributed by atoms with van der Waals surface area (Å²) in [6.45, 7) is 1.62. The number of hydrogen-bond donors (Lipinski definition) is 1. The summed E-state index contributed by atoms with van der Waals surface area (Å²) < 4.78 is 5.99. The fourth-order valence-corrected chi connectivity index (χ4v) is 3.60. The quantitative estimate of drug-likeness (QED) is 0.933. The van der Waals surface area contributed by atoms with Crippen LogP contribution in [0.5, 0.6) is 5.75 Å². The van der Waals surface area contributed by atoms with Crippen molar-refractivity contribution in [2.24, 2.45) is 11.7 Å². The van der Waals surface area contributed by atoms with Gasteiger partial charge in [0.15, 0.2) is 0 Å². The average molecular weight is 302 g/mol. The Kier molecular flexibility index (Phi) is 4.98. The van der Waals surface area contributed by atoms with Crippen LogP contribution < -0.4 is 10.5 Å². The summed E-state index contributed by atoms with van der Waals surface area (Å²) in [5, 5.41) is 0. The van der Waals surface area contributed by atoms with E-state index in [1.807, 2.05) is 35.2 Å². The van der Waals surface area contributed by atoms with Gasteiger partial charge in [-0.15, -0.1) is 0 Å². The molecule has 2 fully saturated rings. The van der Waals surface area contributed by atoms with E-state index in [1.165, 1.54) is 0 Å². The smallest absolute Gasteiger partial charge is 0.225 e. The number of carbonyl (C=O) groups is 1. The topological polar surface area (TPSA) is 55.6 Å². The molecular weight excluding hydrogens is 276 g/mol. The standard InChI is InChI=1S/C18H26N2O2/c19-15-6-4-5-14(13-15)18(21)20-11-9-17(10-12-20)22-16-7-2-1-3-8-16/h1-3,7-8,14-15,17H,4-6,9-13,19H2. The summed E-state index contributed by atoms with van der Waals surface area (Å²) in [6.07, 6.45) is 6.08. The third kappa shape index (κ3) is 3.80. The molecule has 1 aromatic carbocycles. The lowest BCUT2D eigenvalue weighted by molar-refractivity contribution is -0.138. The van der Waals surface area contributed by atoms with Gasteiger partial charge in [0.25, 0.3) is 0 Å². The number of piperidine rings is 1. The molecule has 1 saturated heterocycles. The van der Waals surface area contributed by atoms with Crippen molar-refractivity contribution in [3.05, 3.63) is 30.3 Å². The average Bonchev–Trinajstić information content (AvgIpc) is 2.56. The van der Waals surface area contributed by atoms with Crippen molar-refractivity contribution in [2.45, 2.75) is 50.7 Å². The largest absolute Gasteiger partial charge is 0.490 e. The minimum atomic E-state index is 0.148. The highest BCUT2D eigenvalue weighted by Crippen LogP contribution is 2.27. The van der Waals surface area contributed by atoms with E-state index < -0.39 is 0 Å². The van der Waals surface area contributed by atoms with Gasteiger partial charge in [-0.05, 0) is 31.4 Å². The molecular formula is C18H26N2O2. The molecule has 120 valence electrons. The minimum absolute atomic E-state index is 0.148. The number of nitrogens with zero attached hydrogens (tertiary/aromatic N) is 1. The van der Waals surface area contributed by atoms with Crippen molar-refractivity contribution in [3.8, 4) is 5.75 Å². The molecule has 1 aliphatic carbocycles. The number of amides is 1. The molecule has 1 saturated carbocycles. The molecule has 1 aromatic rings. The van der Waals surface area contributed by atoms with Gasteiger partial charge in [0.2, 0.25) is 5.91 Å². The van der Waals surface area contributed by atoms with Crippen LogP contribution in [0.15, 0.2) is 30.3 Å². The molecule has 4 heteroatoms. The molecule has 1 amide bonds. The van der Waals surface area contributed by atoms with E-state index in [1.54, 1.807) is 0 Å². The van der Waals surface area contributed by atoms with E-state index in [-0.39, 0.29) is 18.1 Å². The van der Waals surface area contributed by atoms with Crippen LogP contribution in [0.3, 0.4) is 0 Å². The van der Waals surface area contributed by atoms with Crippen LogP contribution in [-0.2, 0) is 4.79 Å². The van der Waals surface area contributed by atoms with Gasteiger partial charge in [-0.25, -0.2) is 0 Å². The van der Waals surface area contributed by atoms with Crippen molar-refractivity contribution in [1.82, 2.24) is 4.90 Å². The zero-order chi connectivity index (χ0) is 15.4. The molecule has 2 N–H and O–H groups in total. The number of benzene rings is 1. The van der Waals surface area contributed by atoms with Crippen molar-refractivity contribution < 1.29 is 9.53 Å². The monoisotopic (exact) mass is 302 g/mol. The van der Waals surface area contributed by atoms with Gasteiger partial charge >= 0.3 is 0 Å². The molecule has 0 spiro atoms. The van der Waals surface area contributed by atoms with Gasteiger partial charge in [-0.2, -0.15) is 0 Å². The molecule has 0 aromatic heterocycles. The van der Waals surface area contributed by atoms with Crippen molar-refractivity contribution in [1.29, 1.82) is 0 Å². The molecule has 4 nitrogen and oxygen atoms in total. The second-order valence-electron chi connectivity index (χ2n) is 6.58. The molecule has 1 heterocycles. The zero-order valence-corrected chi connectivity index (χ0v) is 13.1. The summed E-state index contributed by atoms with van der Waals surface area (Å²) in [5.41, 5.74) is 6.01. The molecule has 2 atom stereocenters. The highest BCUT2D eigenvalue weighted by atomic mass is 16.5. The summed E-state index contributed by atoms with van der Waals surface area (Å²) in [5.74, 6) is 1.38. The first-order valence-corrected chi connectivity index (χ1v) is 8.48. The predicted octanol–water partition coefficient (Wildman–Crippen LogP) is 2.57. The van der Waals surface area contributed by atoms with Crippen LogP contribution in [0.25, 0.3) is 0 Å². The van der Waals surface area contributed by atoms with Crippen LogP contribution >= 0.6 is 0 Å². The molecule has 22 heavy (non-hydrogen) atoms. The number of likely N-dealkylation sites (tertiary alicyclic amines) is 1. The van der Waals surface area contributed by atoms with Crippen LogP contribution in [0.4, 0.5) is 0 Å². The Morgan fingerprint density at radius 2 is 1.82 bits per heavy atom. The number of hydrogen-bond acceptors (Lipinski definition) is 3. The van der Waals surface area contributed by atoms with Crippen LogP contribution in [-0.4, -0.2) is 36.0 Å². The first-order chi connectivity index (χ1) is 10.7. The van der Waals surface area contributed by atoms with Gasteiger partial charge in [-0.1, -0.05) is 24.6 Å². The molecule has 1 aliphatic heterocycles. The fraction of sp³-hybridized carbons (Fsp3) is 0.611. The Balaban J connectivity index is 1.48. The second-order valence-corrected chi connectivity index (χ2v) is 6.58. The Labute approximate surface area is 132 Å². The van der Waals surface area contributed by atoms with Gasteiger partial charge in [-0.3, -0.25) is 4.79 Å². The SMILES string of the molecule is NC1CCCC(C(=O)N2CCC(Oc3ccccc3)CC2)C1. The maximum atomic E-state index is 12.6. The lowest BCUT2D eigenvalue weighted by Gasteiger charge is -2.36. The van der Waals surface area contributed by atoms with Crippen molar-refractivity contribution in [2.75, 3.05) is 13.1 Å². The Morgan fingerprint density at radius 3 is 2.50 bits per heavy atom. The van der Waals surface area contributed by atoms with Gasteiger partial charge in [0.1, 0.15) is 11.9 Å². The maximum Gasteiger partial charge on any atom is 0.225 e. The van der Waals surface area contributed by atoms with Crippen molar-refractivity contribution >= 4 is 5.91 Å². The molecule has 2 aliphatic rings. The number of ether oxygens (including phenoxy) is 1. The Bertz CT molecular complexity index is 483. The number of carbonyl (C=O) groups excluding carboxylic acids is 1. The summed E-state index contributed by atoms with van der Waals surface area (Å²) in [7, 11) is 0. The highest BCUT2D eigenvalue weighted by Gasteiger charge is 2.31. The van der Waals surface area contributed by atoms with Gasteiger partial charge in [0.05, 0.1) is 0 Å². The third-order valence-corrected chi connectivity index (χ3v) is 4.86. The van der Waals surface area contributed by atoms with E-state index >= 15 is 0 Å². The zero-order valence-electron chi connectivity index (χ0n) is 13.1. The van der Waals surface area contributed by atoms with E-state index in [0.29, 0.717) is 5.91 Å².